The number of hydrogen-bond acceptors (Lipinski definition) is 7. The highest BCUT2D eigenvalue weighted by Crippen LogP contribution is 2.29. The summed E-state index contributed by atoms with van der Waals surface area (Å²) in [6.07, 6.45) is -3.31. The number of carbonyl (C=O) groups is 2. The molecule has 0 spiro atoms. The van der Waals surface area contributed by atoms with Gasteiger partial charge in [-0.25, -0.2) is 4.79 Å². The number of hydrogen-bond donors (Lipinski definition) is 2. The van der Waals surface area contributed by atoms with E-state index in [0.717, 1.165) is 16.7 Å². The molecule has 9 nitrogen and oxygen atoms in total. The molecule has 0 aromatic heterocycles. The number of carboxylic acids is 1. The Labute approximate surface area is 234 Å². The molecule has 1 aliphatic heterocycles. The van der Waals surface area contributed by atoms with E-state index in [9.17, 15) is 14.7 Å². The Morgan fingerprint density at radius 2 is 1.27 bits per heavy atom. The maximum absolute atomic E-state index is 12.3. The van der Waals surface area contributed by atoms with Crippen molar-refractivity contribution in [1.82, 2.24) is 5.32 Å². The summed E-state index contributed by atoms with van der Waals surface area (Å²) in [5.41, 5.74) is 2.82. The van der Waals surface area contributed by atoms with Crippen LogP contribution in [-0.4, -0.2) is 60.8 Å². The largest absolute Gasteiger partial charge is 0.480 e. The molecule has 4 rings (SSSR count). The zero-order chi connectivity index (χ0) is 28.2. The molecular formula is C31H35NO8. The van der Waals surface area contributed by atoms with E-state index in [0.29, 0.717) is 6.61 Å². The van der Waals surface area contributed by atoms with Crippen LogP contribution in [0, 0.1) is 0 Å². The van der Waals surface area contributed by atoms with Crippen LogP contribution in [0.1, 0.15) is 23.6 Å². The van der Waals surface area contributed by atoms with Crippen molar-refractivity contribution < 1.29 is 38.4 Å². The molecule has 0 radical (unpaired) electrons. The average Bonchev–Trinajstić information content (AvgIpc) is 2.96. The van der Waals surface area contributed by atoms with Crippen LogP contribution in [0.5, 0.6) is 0 Å². The number of benzene rings is 3. The van der Waals surface area contributed by atoms with Gasteiger partial charge in [-0.15, -0.1) is 0 Å². The fraction of sp³-hybridized carbons (Fsp3) is 0.355. The van der Waals surface area contributed by atoms with Gasteiger partial charge in [-0.1, -0.05) is 91.0 Å². The predicted octanol–water partition coefficient (Wildman–Crippen LogP) is 3.70. The lowest BCUT2D eigenvalue weighted by Gasteiger charge is -2.46. The van der Waals surface area contributed by atoms with E-state index in [4.69, 9.17) is 23.7 Å². The average molecular weight is 550 g/mol. The van der Waals surface area contributed by atoms with Gasteiger partial charge in [-0.2, -0.15) is 0 Å². The molecule has 9 heteroatoms. The van der Waals surface area contributed by atoms with Crippen molar-refractivity contribution in [1.29, 1.82) is 0 Å². The normalized spacial score (nSPS) is 22.5. The van der Waals surface area contributed by atoms with E-state index in [-0.39, 0.29) is 25.7 Å². The van der Waals surface area contributed by atoms with Crippen molar-refractivity contribution in [3.05, 3.63) is 108 Å². The van der Waals surface area contributed by atoms with Gasteiger partial charge in [0, 0.05) is 6.92 Å². The van der Waals surface area contributed by atoms with E-state index in [1.165, 1.54) is 6.92 Å². The molecule has 5 atom stereocenters. The van der Waals surface area contributed by atoms with E-state index in [1.54, 1.807) is 0 Å². The Morgan fingerprint density at radius 1 is 0.750 bits per heavy atom. The minimum Gasteiger partial charge on any atom is -0.480 e. The quantitative estimate of drug-likeness (QED) is 0.313. The zero-order valence-electron chi connectivity index (χ0n) is 22.4. The van der Waals surface area contributed by atoms with E-state index >= 15 is 0 Å². The number of rotatable bonds is 14. The summed E-state index contributed by atoms with van der Waals surface area (Å²) in [5, 5.41) is 12.3. The van der Waals surface area contributed by atoms with Crippen molar-refractivity contribution >= 4 is 11.9 Å². The first-order chi connectivity index (χ1) is 19.5. The number of nitrogens with one attached hydrogen (secondary N) is 1. The smallest absolute Gasteiger partial charge is 0.329 e. The van der Waals surface area contributed by atoms with Crippen LogP contribution in [0.4, 0.5) is 0 Å². The molecule has 3 aromatic carbocycles. The third kappa shape index (κ3) is 8.97. The SMILES string of the molecule is CC(=O)NC1C(OCc2ccccc2)OC(COCc2ccccc2)C(OCc2ccccc2)C1OCC(=O)O. The number of ether oxygens (including phenoxy) is 5. The van der Waals surface area contributed by atoms with Gasteiger partial charge in [0.25, 0.3) is 0 Å². The van der Waals surface area contributed by atoms with Crippen molar-refractivity contribution in [2.75, 3.05) is 13.2 Å². The third-order valence-corrected chi connectivity index (χ3v) is 6.35. The number of carboxylic acid groups (broad SMARTS) is 1. The molecule has 1 amide bonds. The van der Waals surface area contributed by atoms with Crippen molar-refractivity contribution in [2.24, 2.45) is 0 Å². The molecule has 5 unspecified atom stereocenters. The van der Waals surface area contributed by atoms with E-state index in [1.807, 2.05) is 91.0 Å². The van der Waals surface area contributed by atoms with Gasteiger partial charge in [0.1, 0.15) is 31.0 Å². The van der Waals surface area contributed by atoms with Crippen molar-refractivity contribution in [2.45, 2.75) is 57.4 Å². The lowest BCUT2D eigenvalue weighted by atomic mass is 9.96. The van der Waals surface area contributed by atoms with Gasteiger partial charge >= 0.3 is 5.97 Å². The second kappa shape index (κ2) is 15.3. The summed E-state index contributed by atoms with van der Waals surface area (Å²) >= 11 is 0. The molecule has 1 saturated heterocycles. The summed E-state index contributed by atoms with van der Waals surface area (Å²) in [4.78, 5) is 23.8. The first-order valence-corrected chi connectivity index (χ1v) is 13.2. The summed E-state index contributed by atoms with van der Waals surface area (Å²) in [6.45, 7) is 1.68. The first kappa shape index (κ1) is 29.4. The van der Waals surface area contributed by atoms with Gasteiger partial charge in [-0.3, -0.25) is 4.79 Å². The Bertz CT molecular complexity index is 1180. The van der Waals surface area contributed by atoms with Crippen LogP contribution in [0.15, 0.2) is 91.0 Å². The molecule has 1 heterocycles. The van der Waals surface area contributed by atoms with Crippen molar-refractivity contribution in [3.8, 4) is 0 Å². The monoisotopic (exact) mass is 549 g/mol. The molecular weight excluding hydrogens is 514 g/mol. The summed E-state index contributed by atoms with van der Waals surface area (Å²) in [5.74, 6) is -1.49. The Hall–Kier alpha value is -3.60. The predicted molar refractivity (Wildman–Crippen MR) is 146 cm³/mol. The highest BCUT2D eigenvalue weighted by molar-refractivity contribution is 5.73. The summed E-state index contributed by atoms with van der Waals surface area (Å²) in [7, 11) is 0. The summed E-state index contributed by atoms with van der Waals surface area (Å²) < 4.78 is 30.8. The van der Waals surface area contributed by atoms with Crippen LogP contribution in [0.25, 0.3) is 0 Å². The van der Waals surface area contributed by atoms with Gasteiger partial charge in [-0.05, 0) is 16.7 Å². The first-order valence-electron chi connectivity index (χ1n) is 13.2. The fourth-order valence-electron chi connectivity index (χ4n) is 4.52. The second-order valence-corrected chi connectivity index (χ2v) is 9.50. The zero-order valence-corrected chi connectivity index (χ0v) is 22.4. The van der Waals surface area contributed by atoms with Gasteiger partial charge in [0.2, 0.25) is 5.91 Å². The molecule has 2 N–H and O–H groups in total. The van der Waals surface area contributed by atoms with Crippen LogP contribution in [0.3, 0.4) is 0 Å². The lowest BCUT2D eigenvalue weighted by Crippen LogP contribution is -2.66. The molecule has 1 aliphatic rings. The third-order valence-electron chi connectivity index (χ3n) is 6.35. The van der Waals surface area contributed by atoms with Gasteiger partial charge < -0.3 is 34.1 Å². The minimum atomic E-state index is -1.14. The van der Waals surface area contributed by atoms with E-state index in [2.05, 4.69) is 5.32 Å². The lowest BCUT2D eigenvalue weighted by molar-refractivity contribution is -0.291. The molecule has 40 heavy (non-hydrogen) atoms. The Morgan fingerprint density at radius 3 is 1.80 bits per heavy atom. The maximum atomic E-state index is 12.3. The van der Waals surface area contributed by atoms with Crippen LogP contribution < -0.4 is 5.32 Å². The number of carbonyl (C=O) groups excluding carboxylic acids is 1. The van der Waals surface area contributed by atoms with Crippen LogP contribution in [-0.2, 0) is 53.1 Å². The van der Waals surface area contributed by atoms with Gasteiger partial charge in [0.05, 0.1) is 26.4 Å². The molecule has 0 bridgehead atoms. The molecule has 3 aromatic rings. The van der Waals surface area contributed by atoms with Crippen LogP contribution >= 0.6 is 0 Å². The highest BCUT2D eigenvalue weighted by Gasteiger charge is 2.49. The van der Waals surface area contributed by atoms with E-state index < -0.39 is 43.2 Å². The molecule has 212 valence electrons. The topological polar surface area (TPSA) is 113 Å². The number of aliphatic carboxylic acids is 1. The number of amides is 1. The summed E-state index contributed by atoms with van der Waals surface area (Å²) in [6, 6.07) is 28.0. The minimum absolute atomic E-state index is 0.124. The molecule has 0 saturated carbocycles. The fourth-order valence-corrected chi connectivity index (χ4v) is 4.52. The maximum Gasteiger partial charge on any atom is 0.329 e. The standard InChI is InChI=1S/C31H35NO8/c1-22(33)32-28-30(38-21-27(34)35)29(37-18-24-13-7-3-8-14-24)26(20-36-17-23-11-5-2-6-12-23)40-31(28)39-19-25-15-9-4-10-16-25/h2-16,26,28-31H,17-21H2,1H3,(H,32,33)(H,34,35). The Balaban J connectivity index is 1.59. The van der Waals surface area contributed by atoms with Crippen LogP contribution in [0.2, 0.25) is 0 Å². The second-order valence-electron chi connectivity index (χ2n) is 9.50. The van der Waals surface area contributed by atoms with Crippen molar-refractivity contribution in [3.63, 3.8) is 0 Å². The molecule has 0 aliphatic carbocycles. The molecule has 1 fully saturated rings. The Kier molecular flexibility index (Phi) is 11.2. The van der Waals surface area contributed by atoms with Gasteiger partial charge in [0.15, 0.2) is 6.29 Å². The highest BCUT2D eigenvalue weighted by atomic mass is 16.7.